The van der Waals surface area contributed by atoms with E-state index in [9.17, 15) is 14.7 Å². The number of aliphatic hydroxyl groups excluding tert-OH is 2. The summed E-state index contributed by atoms with van der Waals surface area (Å²) in [4.78, 5) is 24.9. The average Bonchev–Trinajstić information content (AvgIpc) is 3.06. The zero-order chi connectivity index (χ0) is 36.2. The molecule has 0 aliphatic rings. The summed E-state index contributed by atoms with van der Waals surface area (Å²) in [5.74, 6) is 1.06. The quantitative estimate of drug-likeness (QED) is 0.0489. The number of hydrogen-bond donors (Lipinski definition) is 2. The maximum Gasteiger partial charge on any atom is 0.306 e. The van der Waals surface area contributed by atoms with E-state index in [-0.39, 0.29) is 31.8 Å². The lowest BCUT2D eigenvalue weighted by Gasteiger charge is -2.19. The molecule has 0 heterocycles. The van der Waals surface area contributed by atoms with Gasteiger partial charge < -0.3 is 24.4 Å². The first-order valence-corrected chi connectivity index (χ1v) is 21.0. The van der Waals surface area contributed by atoms with Gasteiger partial charge in [0, 0.05) is 12.8 Å². The molecule has 0 aromatic carbocycles. The highest BCUT2D eigenvalue weighted by atomic mass is 16.6. The Kier molecular flexibility index (Phi) is 35.7. The lowest BCUT2D eigenvalue weighted by Crippen LogP contribution is -2.31. The molecule has 2 atom stereocenters. The van der Waals surface area contributed by atoms with Crippen LogP contribution in [0.15, 0.2) is 0 Å². The summed E-state index contributed by atoms with van der Waals surface area (Å²) in [7, 11) is 0. The van der Waals surface area contributed by atoms with E-state index in [2.05, 4.69) is 27.7 Å². The van der Waals surface area contributed by atoms with E-state index in [1.807, 2.05) is 0 Å². The Morgan fingerprint density at radius 3 is 1.18 bits per heavy atom. The van der Waals surface area contributed by atoms with E-state index < -0.39 is 18.8 Å². The maximum absolute atomic E-state index is 12.5. The van der Waals surface area contributed by atoms with Gasteiger partial charge in [-0.15, -0.1) is 0 Å². The molecule has 0 aliphatic carbocycles. The van der Waals surface area contributed by atoms with Crippen molar-refractivity contribution in [3.63, 3.8) is 0 Å². The van der Waals surface area contributed by atoms with Crippen molar-refractivity contribution in [2.24, 2.45) is 11.8 Å². The minimum atomic E-state index is -0.997. The van der Waals surface area contributed by atoms with Gasteiger partial charge >= 0.3 is 11.9 Å². The van der Waals surface area contributed by atoms with Gasteiger partial charge in [-0.25, -0.2) is 0 Å². The van der Waals surface area contributed by atoms with E-state index >= 15 is 0 Å². The summed E-state index contributed by atoms with van der Waals surface area (Å²) in [5, 5.41) is 18.6. The van der Waals surface area contributed by atoms with Crippen molar-refractivity contribution < 1.29 is 34.0 Å². The van der Waals surface area contributed by atoms with Crippen molar-refractivity contribution in [2.75, 3.05) is 26.4 Å². The van der Waals surface area contributed by atoms with Crippen LogP contribution in [0.3, 0.4) is 0 Å². The van der Waals surface area contributed by atoms with Crippen LogP contribution in [-0.2, 0) is 23.8 Å². The summed E-state index contributed by atoms with van der Waals surface area (Å²) in [5.41, 5.74) is 0. The molecular formula is C42H82O7. The molecule has 2 unspecified atom stereocenters. The smallest absolute Gasteiger partial charge is 0.306 e. The number of esters is 2. The van der Waals surface area contributed by atoms with Crippen molar-refractivity contribution in [1.29, 1.82) is 0 Å². The molecule has 0 saturated heterocycles. The van der Waals surface area contributed by atoms with Crippen LogP contribution in [0.2, 0.25) is 0 Å². The van der Waals surface area contributed by atoms with Crippen molar-refractivity contribution >= 4 is 11.9 Å². The molecule has 49 heavy (non-hydrogen) atoms. The fourth-order valence-corrected chi connectivity index (χ4v) is 6.19. The largest absolute Gasteiger partial charge is 0.462 e. The van der Waals surface area contributed by atoms with Gasteiger partial charge in [0.2, 0.25) is 0 Å². The predicted molar refractivity (Wildman–Crippen MR) is 204 cm³/mol. The number of hydrogen-bond acceptors (Lipinski definition) is 7. The zero-order valence-corrected chi connectivity index (χ0v) is 32.9. The van der Waals surface area contributed by atoms with Gasteiger partial charge in [-0.2, -0.15) is 0 Å². The number of aliphatic hydroxyl groups is 2. The molecule has 0 fully saturated rings. The van der Waals surface area contributed by atoms with Crippen molar-refractivity contribution in [3.8, 4) is 0 Å². The van der Waals surface area contributed by atoms with Gasteiger partial charge in [0.25, 0.3) is 0 Å². The molecule has 0 rings (SSSR count). The third kappa shape index (κ3) is 37.9. The Balaban J connectivity index is 3.94. The van der Waals surface area contributed by atoms with E-state index in [0.29, 0.717) is 12.8 Å². The Labute approximate surface area is 303 Å². The Morgan fingerprint density at radius 2 is 0.816 bits per heavy atom. The van der Waals surface area contributed by atoms with E-state index in [1.54, 1.807) is 0 Å². The molecule has 0 aliphatic heterocycles. The molecule has 7 nitrogen and oxygen atoms in total. The molecule has 0 bridgehead atoms. The number of carbonyl (C=O) groups is 2. The minimum absolute atomic E-state index is 0.00611. The van der Waals surface area contributed by atoms with Crippen LogP contribution < -0.4 is 0 Å². The molecule has 2 N–H and O–H groups in total. The molecule has 0 aromatic heterocycles. The monoisotopic (exact) mass is 699 g/mol. The number of unbranched alkanes of at least 4 members (excludes halogenated alkanes) is 22. The van der Waals surface area contributed by atoms with Gasteiger partial charge in [-0.3, -0.25) is 9.59 Å². The number of rotatable bonds is 38. The molecule has 0 amide bonds. The number of carbonyl (C=O) groups excluding carboxylic acids is 2. The van der Waals surface area contributed by atoms with Crippen LogP contribution in [0.5, 0.6) is 0 Å². The second-order valence-corrected chi connectivity index (χ2v) is 15.5. The molecule has 0 radical (unpaired) electrons. The van der Waals surface area contributed by atoms with Gasteiger partial charge in [0.15, 0.2) is 6.10 Å². The highest BCUT2D eigenvalue weighted by Gasteiger charge is 2.18. The van der Waals surface area contributed by atoms with Crippen LogP contribution in [0, 0.1) is 11.8 Å². The standard InChI is InChI=1S/C42H82O7/c1-37(2)29-25-21-17-13-9-5-7-11-15-19-23-27-31-41(45)48-36-40(35-47-34-39(44)33-43)49-42(46)32-28-24-20-16-12-8-6-10-14-18-22-26-30-38(3)4/h37-40,43-44H,5-36H2,1-4H3. The van der Waals surface area contributed by atoms with Crippen LogP contribution in [0.25, 0.3) is 0 Å². The van der Waals surface area contributed by atoms with E-state index in [0.717, 1.165) is 50.4 Å². The van der Waals surface area contributed by atoms with Crippen LogP contribution >= 0.6 is 0 Å². The molecule has 0 aromatic rings. The molecule has 0 saturated carbocycles. The zero-order valence-electron chi connectivity index (χ0n) is 32.9. The van der Waals surface area contributed by atoms with Gasteiger partial charge in [-0.1, -0.05) is 182 Å². The van der Waals surface area contributed by atoms with Gasteiger partial charge in [0.1, 0.15) is 12.7 Å². The molecule has 292 valence electrons. The minimum Gasteiger partial charge on any atom is -0.462 e. The van der Waals surface area contributed by atoms with Crippen LogP contribution in [-0.4, -0.2) is 60.8 Å². The first kappa shape index (κ1) is 47.8. The van der Waals surface area contributed by atoms with Crippen LogP contribution in [0.1, 0.15) is 207 Å². The Bertz CT molecular complexity index is 711. The highest BCUT2D eigenvalue weighted by Crippen LogP contribution is 2.16. The lowest BCUT2D eigenvalue weighted by atomic mass is 10.0. The normalized spacial score (nSPS) is 12.9. The van der Waals surface area contributed by atoms with E-state index in [1.165, 1.54) is 128 Å². The lowest BCUT2D eigenvalue weighted by molar-refractivity contribution is -0.163. The summed E-state index contributed by atoms with van der Waals surface area (Å²) < 4.78 is 16.4. The fraction of sp³-hybridized carbons (Fsp3) is 0.952. The van der Waals surface area contributed by atoms with Gasteiger partial charge in [0.05, 0.1) is 19.8 Å². The number of ether oxygens (including phenoxy) is 3. The average molecular weight is 699 g/mol. The molecule has 7 heteroatoms. The summed E-state index contributed by atoms with van der Waals surface area (Å²) in [6, 6.07) is 0. The summed E-state index contributed by atoms with van der Waals surface area (Å²) >= 11 is 0. The van der Waals surface area contributed by atoms with Crippen molar-refractivity contribution in [2.45, 2.75) is 220 Å². The highest BCUT2D eigenvalue weighted by molar-refractivity contribution is 5.70. The van der Waals surface area contributed by atoms with Crippen LogP contribution in [0.4, 0.5) is 0 Å². The third-order valence-electron chi connectivity index (χ3n) is 9.38. The molecular weight excluding hydrogens is 616 g/mol. The second kappa shape index (κ2) is 36.6. The van der Waals surface area contributed by atoms with Crippen molar-refractivity contribution in [3.05, 3.63) is 0 Å². The van der Waals surface area contributed by atoms with Gasteiger partial charge in [-0.05, 0) is 24.7 Å². The first-order valence-electron chi connectivity index (χ1n) is 21.0. The maximum atomic E-state index is 12.5. The predicted octanol–water partition coefficient (Wildman–Crippen LogP) is 11.0. The van der Waals surface area contributed by atoms with E-state index in [4.69, 9.17) is 19.3 Å². The Morgan fingerprint density at radius 1 is 0.469 bits per heavy atom. The Hall–Kier alpha value is -1.18. The summed E-state index contributed by atoms with van der Waals surface area (Å²) in [6.07, 6.45) is 31.5. The SMILES string of the molecule is CC(C)CCCCCCCCCCCCCCC(=O)OCC(COCC(O)CO)OC(=O)CCCCCCCCCCCCCCC(C)C. The summed E-state index contributed by atoms with van der Waals surface area (Å²) in [6.45, 7) is 8.68. The van der Waals surface area contributed by atoms with Crippen molar-refractivity contribution in [1.82, 2.24) is 0 Å². The fourth-order valence-electron chi connectivity index (χ4n) is 6.19. The third-order valence-corrected chi connectivity index (χ3v) is 9.38. The first-order chi connectivity index (χ1) is 23.7. The second-order valence-electron chi connectivity index (χ2n) is 15.5. The molecule has 0 spiro atoms. The topological polar surface area (TPSA) is 102 Å².